The predicted molar refractivity (Wildman–Crippen MR) is 50.5 cm³/mol. The summed E-state index contributed by atoms with van der Waals surface area (Å²) >= 11 is 0. The lowest BCUT2D eigenvalue weighted by molar-refractivity contribution is -0.144. The zero-order chi connectivity index (χ0) is 10.4. The average Bonchev–Trinajstić information content (AvgIpc) is 2.19. The van der Waals surface area contributed by atoms with E-state index in [1.807, 2.05) is 4.90 Å². The Bertz CT molecular complexity index is 237. The van der Waals surface area contributed by atoms with Crippen LogP contribution in [-0.4, -0.2) is 49.7 Å². The number of hydrogen-bond donors (Lipinski definition) is 1. The third-order valence-electron chi connectivity index (χ3n) is 2.14. The van der Waals surface area contributed by atoms with Gasteiger partial charge in [0, 0.05) is 19.6 Å². The van der Waals surface area contributed by atoms with E-state index in [0.29, 0.717) is 13.2 Å². The molecular formula is C9H15N3O2. The van der Waals surface area contributed by atoms with Crippen molar-refractivity contribution >= 4 is 5.97 Å². The van der Waals surface area contributed by atoms with Gasteiger partial charge in [0.05, 0.1) is 19.2 Å². The molecule has 14 heavy (non-hydrogen) atoms. The number of ether oxygens (including phenoxy) is 1. The molecule has 0 amide bonds. The largest absolute Gasteiger partial charge is 0.465 e. The summed E-state index contributed by atoms with van der Waals surface area (Å²) in [5.74, 6) is -0.255. The minimum Gasteiger partial charge on any atom is -0.465 e. The first kappa shape index (κ1) is 11.0. The van der Waals surface area contributed by atoms with E-state index in [4.69, 9.17) is 10.00 Å². The lowest BCUT2D eigenvalue weighted by atomic mass is 10.2. The van der Waals surface area contributed by atoms with E-state index in [0.717, 1.165) is 13.1 Å². The molecule has 1 fully saturated rings. The van der Waals surface area contributed by atoms with Crippen LogP contribution in [0.15, 0.2) is 0 Å². The summed E-state index contributed by atoms with van der Waals surface area (Å²) in [6.45, 7) is 4.54. The molecule has 0 aromatic carbocycles. The molecule has 1 N–H and O–H groups in total. The molecule has 1 atom stereocenters. The zero-order valence-electron chi connectivity index (χ0n) is 8.32. The number of carbonyl (C=O) groups excluding carboxylic acids is 1. The van der Waals surface area contributed by atoms with E-state index in [9.17, 15) is 4.79 Å². The smallest absolute Gasteiger partial charge is 0.320 e. The molecule has 0 saturated carbocycles. The molecule has 1 aliphatic heterocycles. The van der Waals surface area contributed by atoms with Gasteiger partial charge < -0.3 is 10.1 Å². The van der Waals surface area contributed by atoms with Crippen molar-refractivity contribution in [2.24, 2.45) is 0 Å². The molecule has 1 unspecified atom stereocenters. The van der Waals surface area contributed by atoms with Crippen molar-refractivity contribution in [3.63, 3.8) is 0 Å². The Kier molecular flexibility index (Phi) is 4.36. The molecule has 1 aliphatic rings. The van der Waals surface area contributed by atoms with E-state index in [2.05, 4.69) is 11.4 Å². The van der Waals surface area contributed by atoms with Crippen molar-refractivity contribution in [2.45, 2.75) is 13.0 Å². The summed E-state index contributed by atoms with van der Waals surface area (Å²) in [5.41, 5.74) is 0. The summed E-state index contributed by atoms with van der Waals surface area (Å²) in [5, 5.41) is 11.9. The molecule has 0 aliphatic carbocycles. The molecule has 5 heteroatoms. The van der Waals surface area contributed by atoms with Crippen LogP contribution >= 0.6 is 0 Å². The van der Waals surface area contributed by atoms with Gasteiger partial charge in [-0.15, -0.1) is 0 Å². The van der Waals surface area contributed by atoms with Gasteiger partial charge in [-0.25, -0.2) is 0 Å². The topological polar surface area (TPSA) is 65.4 Å². The van der Waals surface area contributed by atoms with E-state index in [1.54, 1.807) is 6.92 Å². The maximum Gasteiger partial charge on any atom is 0.320 e. The Morgan fingerprint density at radius 1 is 1.79 bits per heavy atom. The Hall–Kier alpha value is -1.12. The van der Waals surface area contributed by atoms with Gasteiger partial charge in [-0.05, 0) is 6.92 Å². The second-order valence-electron chi connectivity index (χ2n) is 3.12. The minimum absolute atomic E-state index is 0.215. The number of esters is 1. The number of nitriles is 1. The van der Waals surface area contributed by atoms with Gasteiger partial charge in [-0.3, -0.25) is 9.69 Å². The van der Waals surface area contributed by atoms with Crippen LogP contribution in [-0.2, 0) is 9.53 Å². The van der Waals surface area contributed by atoms with Gasteiger partial charge in [-0.1, -0.05) is 0 Å². The maximum absolute atomic E-state index is 11.2. The first-order valence-corrected chi connectivity index (χ1v) is 4.78. The molecule has 78 valence electrons. The fourth-order valence-electron chi connectivity index (χ4n) is 1.44. The summed E-state index contributed by atoms with van der Waals surface area (Å²) in [4.78, 5) is 13.0. The van der Waals surface area contributed by atoms with Crippen LogP contribution < -0.4 is 5.32 Å². The maximum atomic E-state index is 11.2. The first-order chi connectivity index (χ1) is 6.77. The predicted octanol–water partition coefficient (Wildman–Crippen LogP) is -0.653. The van der Waals surface area contributed by atoms with Gasteiger partial charge in [-0.2, -0.15) is 5.26 Å². The Morgan fingerprint density at radius 2 is 2.57 bits per heavy atom. The molecule has 1 saturated heterocycles. The van der Waals surface area contributed by atoms with Crippen LogP contribution in [0.3, 0.4) is 0 Å². The van der Waals surface area contributed by atoms with Crippen LogP contribution in [0, 0.1) is 11.3 Å². The molecule has 1 rings (SSSR count). The third kappa shape index (κ3) is 2.98. The normalized spacial score (nSPS) is 22.7. The van der Waals surface area contributed by atoms with Gasteiger partial charge in [0.2, 0.25) is 0 Å². The van der Waals surface area contributed by atoms with Crippen LogP contribution in [0.5, 0.6) is 0 Å². The molecule has 5 nitrogen and oxygen atoms in total. The second kappa shape index (κ2) is 5.58. The first-order valence-electron chi connectivity index (χ1n) is 4.78. The van der Waals surface area contributed by atoms with Crippen LogP contribution in [0.1, 0.15) is 6.92 Å². The van der Waals surface area contributed by atoms with E-state index in [-0.39, 0.29) is 18.6 Å². The molecule has 0 spiro atoms. The summed E-state index contributed by atoms with van der Waals surface area (Å²) < 4.78 is 4.83. The zero-order valence-corrected chi connectivity index (χ0v) is 8.32. The van der Waals surface area contributed by atoms with E-state index < -0.39 is 0 Å². The van der Waals surface area contributed by atoms with Gasteiger partial charge >= 0.3 is 5.97 Å². The van der Waals surface area contributed by atoms with Crippen molar-refractivity contribution < 1.29 is 9.53 Å². The van der Waals surface area contributed by atoms with Crippen LogP contribution in [0.25, 0.3) is 0 Å². The standard InChI is InChI=1S/C9H15N3O2/c1-2-14-9(13)7-12-4-3-11-6-8(12)5-10/h8,11H,2-4,6-7H2,1H3. The quantitative estimate of drug-likeness (QED) is 0.609. The fourth-order valence-corrected chi connectivity index (χ4v) is 1.44. The van der Waals surface area contributed by atoms with E-state index >= 15 is 0 Å². The number of nitrogens with zero attached hydrogens (tertiary/aromatic N) is 2. The molecule has 0 radical (unpaired) electrons. The minimum atomic E-state index is -0.255. The SMILES string of the molecule is CCOC(=O)CN1CCNCC1C#N. The highest BCUT2D eigenvalue weighted by Crippen LogP contribution is 2.01. The van der Waals surface area contributed by atoms with Gasteiger partial charge in [0.1, 0.15) is 6.04 Å². The summed E-state index contributed by atoms with van der Waals surface area (Å²) in [6.07, 6.45) is 0. The van der Waals surface area contributed by atoms with Crippen LogP contribution in [0.4, 0.5) is 0 Å². The second-order valence-corrected chi connectivity index (χ2v) is 3.12. The number of carbonyl (C=O) groups is 1. The van der Waals surface area contributed by atoms with E-state index in [1.165, 1.54) is 0 Å². The molecule has 0 aromatic rings. The fraction of sp³-hybridized carbons (Fsp3) is 0.778. The Labute approximate surface area is 83.6 Å². The van der Waals surface area contributed by atoms with Crippen molar-refractivity contribution in [3.05, 3.63) is 0 Å². The van der Waals surface area contributed by atoms with Gasteiger partial charge in [0.15, 0.2) is 0 Å². The molecular weight excluding hydrogens is 182 g/mol. The monoisotopic (exact) mass is 197 g/mol. The van der Waals surface area contributed by atoms with Crippen molar-refractivity contribution in [1.82, 2.24) is 10.2 Å². The highest BCUT2D eigenvalue weighted by molar-refractivity contribution is 5.71. The lowest BCUT2D eigenvalue weighted by Crippen LogP contribution is -2.52. The molecule has 1 heterocycles. The van der Waals surface area contributed by atoms with Crippen molar-refractivity contribution in [3.8, 4) is 6.07 Å². The highest BCUT2D eigenvalue weighted by atomic mass is 16.5. The molecule has 0 bridgehead atoms. The lowest BCUT2D eigenvalue weighted by Gasteiger charge is -2.30. The van der Waals surface area contributed by atoms with Crippen molar-refractivity contribution in [2.75, 3.05) is 32.8 Å². The summed E-state index contributed by atoms with van der Waals surface area (Å²) in [7, 11) is 0. The Morgan fingerprint density at radius 3 is 3.21 bits per heavy atom. The molecule has 0 aromatic heterocycles. The number of piperazine rings is 1. The average molecular weight is 197 g/mol. The van der Waals surface area contributed by atoms with Crippen molar-refractivity contribution in [1.29, 1.82) is 5.26 Å². The highest BCUT2D eigenvalue weighted by Gasteiger charge is 2.23. The number of rotatable bonds is 3. The third-order valence-corrected chi connectivity index (χ3v) is 2.14. The summed E-state index contributed by atoms with van der Waals surface area (Å²) in [6, 6.07) is 1.94. The Balaban J connectivity index is 2.41. The van der Waals surface area contributed by atoms with Gasteiger partial charge in [0.25, 0.3) is 0 Å². The van der Waals surface area contributed by atoms with Crippen LogP contribution in [0.2, 0.25) is 0 Å². The number of nitrogens with one attached hydrogen (secondary N) is 1. The number of hydrogen-bond acceptors (Lipinski definition) is 5.